The third kappa shape index (κ3) is 5.65. The van der Waals surface area contributed by atoms with Crippen LogP contribution < -0.4 is 16.0 Å². The van der Waals surface area contributed by atoms with Gasteiger partial charge in [0.1, 0.15) is 0 Å². The van der Waals surface area contributed by atoms with E-state index < -0.39 is 0 Å². The van der Waals surface area contributed by atoms with Gasteiger partial charge in [-0.05, 0) is 43.9 Å². The van der Waals surface area contributed by atoms with Crippen LogP contribution in [-0.4, -0.2) is 40.1 Å². The molecule has 1 aliphatic rings. The number of benzene rings is 1. The average molecular weight is 515 g/mol. The molecule has 3 N–H and O–H groups in total. The Kier molecular flexibility index (Phi) is 7.82. The van der Waals surface area contributed by atoms with Crippen LogP contribution in [0, 0.1) is 0 Å². The van der Waals surface area contributed by atoms with E-state index in [1.54, 1.807) is 0 Å². The second kappa shape index (κ2) is 11.0. The highest BCUT2D eigenvalue weighted by atomic mass is 79.9. The van der Waals surface area contributed by atoms with Gasteiger partial charge in [0, 0.05) is 54.6 Å². The standard InChI is InChI=1S/C24H31BrN6O2/c1-3-21-19(14-27-24(32)26-13-16-6-5-7-17(25)12-16)22(29-18-8-10-33-11-9-18)20-15-28-31(4-2)23(20)30-21/h5-7,12,15,18H,3-4,8-11,13-14H2,1-2H3,(H,29,30)(H2,26,27,32). The minimum atomic E-state index is -0.210. The summed E-state index contributed by atoms with van der Waals surface area (Å²) in [6.45, 7) is 7.27. The van der Waals surface area contributed by atoms with Gasteiger partial charge in [-0.3, -0.25) is 0 Å². The van der Waals surface area contributed by atoms with Crippen molar-refractivity contribution in [3.8, 4) is 0 Å². The van der Waals surface area contributed by atoms with E-state index in [4.69, 9.17) is 9.72 Å². The van der Waals surface area contributed by atoms with Crippen molar-refractivity contribution in [1.29, 1.82) is 0 Å². The van der Waals surface area contributed by atoms with Crippen molar-refractivity contribution in [2.75, 3.05) is 18.5 Å². The first-order valence-electron chi connectivity index (χ1n) is 11.6. The number of carbonyl (C=O) groups excluding carboxylic acids is 1. The van der Waals surface area contributed by atoms with Gasteiger partial charge in [-0.15, -0.1) is 0 Å². The summed E-state index contributed by atoms with van der Waals surface area (Å²) in [5, 5.41) is 15.2. The van der Waals surface area contributed by atoms with Crippen molar-refractivity contribution < 1.29 is 9.53 Å². The lowest BCUT2D eigenvalue weighted by Crippen LogP contribution is -2.35. The van der Waals surface area contributed by atoms with Crippen molar-refractivity contribution in [3.63, 3.8) is 0 Å². The number of pyridine rings is 1. The summed E-state index contributed by atoms with van der Waals surface area (Å²) < 4.78 is 8.45. The number of amides is 2. The molecule has 4 rings (SSSR count). The Hall–Kier alpha value is -2.65. The van der Waals surface area contributed by atoms with Crippen LogP contribution in [0.2, 0.25) is 0 Å². The summed E-state index contributed by atoms with van der Waals surface area (Å²) in [6.07, 6.45) is 4.55. The third-order valence-electron chi connectivity index (χ3n) is 5.94. The molecule has 0 atom stereocenters. The summed E-state index contributed by atoms with van der Waals surface area (Å²) in [5.74, 6) is 0. The Bertz CT molecular complexity index is 1110. The quantitative estimate of drug-likeness (QED) is 0.415. The van der Waals surface area contributed by atoms with Crippen molar-refractivity contribution in [3.05, 3.63) is 51.8 Å². The van der Waals surface area contributed by atoms with Gasteiger partial charge in [-0.2, -0.15) is 5.10 Å². The molecular formula is C24H31BrN6O2. The Balaban J connectivity index is 1.55. The zero-order chi connectivity index (χ0) is 23.2. The molecule has 0 unspecified atom stereocenters. The monoisotopic (exact) mass is 514 g/mol. The van der Waals surface area contributed by atoms with Gasteiger partial charge in [0.2, 0.25) is 0 Å². The van der Waals surface area contributed by atoms with Gasteiger partial charge in [-0.1, -0.05) is 35.0 Å². The van der Waals surface area contributed by atoms with E-state index in [2.05, 4.69) is 50.8 Å². The molecule has 1 saturated heterocycles. The number of nitrogens with one attached hydrogen (secondary N) is 3. The molecule has 1 aliphatic heterocycles. The van der Waals surface area contributed by atoms with Crippen molar-refractivity contribution >= 4 is 38.7 Å². The SMILES string of the molecule is CCc1nc2c(cnn2CC)c(NC2CCOCC2)c1CNC(=O)NCc1cccc(Br)c1. The first-order valence-corrected chi connectivity index (χ1v) is 12.4. The Morgan fingerprint density at radius 3 is 2.73 bits per heavy atom. The van der Waals surface area contributed by atoms with E-state index in [0.29, 0.717) is 19.1 Å². The zero-order valence-electron chi connectivity index (χ0n) is 19.2. The lowest BCUT2D eigenvalue weighted by Gasteiger charge is -2.26. The van der Waals surface area contributed by atoms with Crippen LogP contribution in [0.4, 0.5) is 10.5 Å². The molecule has 9 heteroatoms. The predicted octanol–water partition coefficient (Wildman–Crippen LogP) is 4.37. The highest BCUT2D eigenvalue weighted by Gasteiger charge is 2.21. The Morgan fingerprint density at radius 2 is 2.00 bits per heavy atom. The van der Waals surface area contributed by atoms with Gasteiger partial charge < -0.3 is 20.7 Å². The molecule has 1 aromatic carbocycles. The molecule has 0 aliphatic carbocycles. The van der Waals surface area contributed by atoms with Crippen molar-refractivity contribution in [1.82, 2.24) is 25.4 Å². The maximum atomic E-state index is 12.6. The number of hydrogen-bond acceptors (Lipinski definition) is 5. The number of hydrogen-bond donors (Lipinski definition) is 3. The molecule has 1 fully saturated rings. The first-order chi connectivity index (χ1) is 16.1. The molecule has 0 bridgehead atoms. The van der Waals surface area contributed by atoms with E-state index in [9.17, 15) is 4.79 Å². The van der Waals surface area contributed by atoms with Gasteiger partial charge in [0.15, 0.2) is 5.65 Å². The number of aryl methyl sites for hydroxylation is 2. The molecule has 2 aromatic heterocycles. The number of nitrogens with zero attached hydrogens (tertiary/aromatic N) is 3. The molecule has 0 saturated carbocycles. The topological polar surface area (TPSA) is 93.1 Å². The van der Waals surface area contributed by atoms with Crippen LogP contribution >= 0.6 is 15.9 Å². The van der Waals surface area contributed by atoms with Gasteiger partial charge >= 0.3 is 6.03 Å². The molecule has 0 radical (unpaired) electrons. The summed E-state index contributed by atoms with van der Waals surface area (Å²) in [4.78, 5) is 17.5. The molecular weight excluding hydrogens is 484 g/mol. The molecule has 8 nitrogen and oxygen atoms in total. The van der Waals surface area contributed by atoms with E-state index >= 15 is 0 Å². The average Bonchev–Trinajstić information content (AvgIpc) is 3.25. The molecule has 33 heavy (non-hydrogen) atoms. The van der Waals surface area contributed by atoms with Crippen LogP contribution in [0.1, 0.15) is 43.5 Å². The minimum absolute atomic E-state index is 0.210. The number of anilines is 1. The summed E-state index contributed by atoms with van der Waals surface area (Å²) in [7, 11) is 0. The van der Waals surface area contributed by atoms with E-state index in [1.165, 1.54) is 0 Å². The number of urea groups is 1. The maximum Gasteiger partial charge on any atom is 0.315 e. The Morgan fingerprint density at radius 1 is 1.21 bits per heavy atom. The minimum Gasteiger partial charge on any atom is -0.381 e. The second-order valence-corrected chi connectivity index (χ2v) is 9.08. The van der Waals surface area contributed by atoms with E-state index in [1.807, 2.05) is 35.1 Å². The van der Waals surface area contributed by atoms with Crippen LogP contribution in [0.15, 0.2) is 34.9 Å². The highest BCUT2D eigenvalue weighted by Crippen LogP contribution is 2.31. The number of aromatic nitrogens is 3. The van der Waals surface area contributed by atoms with Gasteiger partial charge in [-0.25, -0.2) is 14.5 Å². The first kappa shape index (κ1) is 23.5. The van der Waals surface area contributed by atoms with Crippen LogP contribution in [0.25, 0.3) is 11.0 Å². The lowest BCUT2D eigenvalue weighted by molar-refractivity contribution is 0.0904. The van der Waals surface area contributed by atoms with Gasteiger partial charge in [0.25, 0.3) is 0 Å². The molecule has 2 amide bonds. The number of halogens is 1. The maximum absolute atomic E-state index is 12.6. The number of ether oxygens (including phenoxy) is 1. The lowest BCUT2D eigenvalue weighted by atomic mass is 10.0. The number of fused-ring (bicyclic) bond motifs is 1. The number of rotatable bonds is 8. The third-order valence-corrected chi connectivity index (χ3v) is 6.44. The van der Waals surface area contributed by atoms with Crippen molar-refractivity contribution in [2.45, 2.75) is 58.8 Å². The zero-order valence-corrected chi connectivity index (χ0v) is 20.7. The van der Waals surface area contributed by atoms with Crippen LogP contribution in [-0.2, 0) is 30.8 Å². The molecule has 3 aromatic rings. The van der Waals surface area contributed by atoms with Gasteiger partial charge in [0.05, 0.1) is 17.3 Å². The summed E-state index contributed by atoms with van der Waals surface area (Å²) >= 11 is 3.46. The summed E-state index contributed by atoms with van der Waals surface area (Å²) in [5.41, 5.74) is 4.93. The highest BCUT2D eigenvalue weighted by molar-refractivity contribution is 9.10. The molecule has 3 heterocycles. The fourth-order valence-electron chi connectivity index (χ4n) is 4.16. The summed E-state index contributed by atoms with van der Waals surface area (Å²) in [6, 6.07) is 8.01. The Labute approximate surface area is 202 Å². The van der Waals surface area contributed by atoms with Crippen molar-refractivity contribution in [2.24, 2.45) is 0 Å². The smallest absolute Gasteiger partial charge is 0.315 e. The fraction of sp³-hybridized carbons (Fsp3) is 0.458. The van der Waals surface area contributed by atoms with Crippen LogP contribution in [0.3, 0.4) is 0 Å². The normalized spacial score (nSPS) is 14.4. The van der Waals surface area contributed by atoms with E-state index in [0.717, 1.165) is 77.0 Å². The number of carbonyl (C=O) groups is 1. The molecule has 176 valence electrons. The van der Waals surface area contributed by atoms with Crippen LogP contribution in [0.5, 0.6) is 0 Å². The van der Waals surface area contributed by atoms with E-state index in [-0.39, 0.29) is 6.03 Å². The largest absolute Gasteiger partial charge is 0.381 e. The fourth-order valence-corrected chi connectivity index (χ4v) is 4.61. The predicted molar refractivity (Wildman–Crippen MR) is 133 cm³/mol. The second-order valence-electron chi connectivity index (χ2n) is 8.16. The molecule has 0 spiro atoms.